The predicted molar refractivity (Wildman–Crippen MR) is 70.5 cm³/mol. The lowest BCUT2D eigenvalue weighted by atomic mass is 9.65. The van der Waals surface area contributed by atoms with Crippen LogP contribution in [0.5, 0.6) is 0 Å². The molecule has 0 radical (unpaired) electrons. The summed E-state index contributed by atoms with van der Waals surface area (Å²) in [6.45, 7) is 7.50. The van der Waals surface area contributed by atoms with E-state index in [9.17, 15) is 14.7 Å². The summed E-state index contributed by atoms with van der Waals surface area (Å²) in [5.74, 6) is -1.51. The zero-order chi connectivity index (χ0) is 14.4. The summed E-state index contributed by atoms with van der Waals surface area (Å²) >= 11 is 0. The van der Waals surface area contributed by atoms with Crippen LogP contribution in [0.15, 0.2) is 0 Å². The van der Waals surface area contributed by atoms with Gasteiger partial charge in [-0.1, -0.05) is 33.1 Å². The van der Waals surface area contributed by atoms with Crippen molar-refractivity contribution in [2.45, 2.75) is 66.2 Å². The van der Waals surface area contributed by atoms with Crippen molar-refractivity contribution < 1.29 is 19.8 Å². The third kappa shape index (κ3) is 5.07. The molecule has 0 unspecified atom stereocenters. The van der Waals surface area contributed by atoms with Crippen molar-refractivity contribution in [3.05, 3.63) is 0 Å². The zero-order valence-corrected chi connectivity index (χ0v) is 12.0. The van der Waals surface area contributed by atoms with E-state index < -0.39 is 17.4 Å². The number of carbonyl (C=O) groups is 2. The fourth-order valence-corrected chi connectivity index (χ4v) is 1.80. The van der Waals surface area contributed by atoms with E-state index >= 15 is 0 Å². The van der Waals surface area contributed by atoms with Crippen molar-refractivity contribution in [1.29, 1.82) is 0 Å². The first kappa shape index (κ1) is 16.9. The number of unbranched alkanes of at least 4 members (excludes halogenated alkanes) is 3. The Hall–Kier alpha value is -1.06. The summed E-state index contributed by atoms with van der Waals surface area (Å²) in [4.78, 5) is 21.5. The van der Waals surface area contributed by atoms with Gasteiger partial charge >= 0.3 is 11.9 Å². The summed E-state index contributed by atoms with van der Waals surface area (Å²) in [6.07, 6.45) is 4.59. The smallest absolute Gasteiger partial charge is 0.309 e. The quantitative estimate of drug-likeness (QED) is 0.620. The minimum Gasteiger partial charge on any atom is -0.481 e. The molecule has 106 valence electrons. The molecule has 0 aliphatic carbocycles. The van der Waals surface area contributed by atoms with Gasteiger partial charge in [0.1, 0.15) is 0 Å². The summed E-state index contributed by atoms with van der Waals surface area (Å²) in [7, 11) is 0. The summed E-state index contributed by atoms with van der Waals surface area (Å²) in [5.41, 5.74) is -1.00. The lowest BCUT2D eigenvalue weighted by Gasteiger charge is -2.38. The molecule has 0 fully saturated rings. The fourth-order valence-electron chi connectivity index (χ4n) is 1.80. The van der Waals surface area contributed by atoms with Crippen LogP contribution in [0, 0.1) is 10.8 Å². The second-order valence-corrected chi connectivity index (χ2v) is 6.12. The molecule has 0 saturated carbocycles. The Balaban J connectivity index is 3.98. The summed E-state index contributed by atoms with van der Waals surface area (Å²) in [5, 5.41) is 17.7. The van der Waals surface area contributed by atoms with E-state index in [1.165, 1.54) is 0 Å². The van der Waals surface area contributed by atoms with Gasteiger partial charge in [-0.15, -0.1) is 0 Å². The molecule has 4 nitrogen and oxygen atoms in total. The minimum atomic E-state index is -0.765. The first-order valence-corrected chi connectivity index (χ1v) is 6.56. The molecule has 0 amide bonds. The topological polar surface area (TPSA) is 74.6 Å². The second-order valence-electron chi connectivity index (χ2n) is 6.12. The van der Waals surface area contributed by atoms with Crippen LogP contribution in [0.1, 0.15) is 66.2 Å². The van der Waals surface area contributed by atoms with E-state index in [2.05, 4.69) is 0 Å². The molecular weight excluding hydrogens is 232 g/mol. The van der Waals surface area contributed by atoms with Crippen LogP contribution in [-0.4, -0.2) is 22.2 Å². The highest BCUT2D eigenvalue weighted by molar-refractivity contribution is 5.74. The van der Waals surface area contributed by atoms with Gasteiger partial charge in [-0.3, -0.25) is 9.59 Å². The van der Waals surface area contributed by atoms with Gasteiger partial charge in [0.05, 0.1) is 5.41 Å². The van der Waals surface area contributed by atoms with Crippen LogP contribution in [0.2, 0.25) is 0 Å². The van der Waals surface area contributed by atoms with Crippen molar-refractivity contribution >= 4 is 11.9 Å². The standard InChI is InChI=1S/C14H26O4/c1-13(2,14(3,4)12(17)18)10-8-6-5-7-9-11(15)16/h5-10H2,1-4H3,(H,15,16)(H,17,18). The Kier molecular flexibility index (Phi) is 6.36. The molecule has 2 N–H and O–H groups in total. The Bertz CT molecular complexity index is 292. The average molecular weight is 258 g/mol. The van der Waals surface area contributed by atoms with E-state index in [-0.39, 0.29) is 11.8 Å². The highest BCUT2D eigenvalue weighted by atomic mass is 16.4. The lowest BCUT2D eigenvalue weighted by molar-refractivity contribution is -0.154. The van der Waals surface area contributed by atoms with Crippen molar-refractivity contribution in [2.24, 2.45) is 10.8 Å². The third-order valence-electron chi connectivity index (χ3n) is 4.17. The number of hydrogen-bond donors (Lipinski definition) is 2. The molecule has 0 heterocycles. The largest absolute Gasteiger partial charge is 0.481 e. The maximum atomic E-state index is 11.2. The van der Waals surface area contributed by atoms with Crippen LogP contribution in [0.25, 0.3) is 0 Å². The first-order chi connectivity index (χ1) is 8.11. The van der Waals surface area contributed by atoms with Crippen molar-refractivity contribution in [1.82, 2.24) is 0 Å². The molecule has 4 heteroatoms. The van der Waals surface area contributed by atoms with Crippen molar-refractivity contribution in [2.75, 3.05) is 0 Å². The Morgan fingerprint density at radius 1 is 0.889 bits per heavy atom. The minimum absolute atomic E-state index is 0.226. The maximum Gasteiger partial charge on any atom is 0.309 e. The normalized spacial score (nSPS) is 12.4. The highest BCUT2D eigenvalue weighted by Gasteiger charge is 2.42. The number of carboxylic acid groups (broad SMARTS) is 2. The van der Waals surface area contributed by atoms with Gasteiger partial charge in [-0.05, 0) is 32.1 Å². The van der Waals surface area contributed by atoms with Gasteiger partial charge in [0.15, 0.2) is 0 Å². The van der Waals surface area contributed by atoms with E-state index in [4.69, 9.17) is 5.11 Å². The van der Waals surface area contributed by atoms with E-state index in [1.807, 2.05) is 13.8 Å². The lowest BCUT2D eigenvalue weighted by Crippen LogP contribution is -2.39. The van der Waals surface area contributed by atoms with Crippen molar-refractivity contribution in [3.63, 3.8) is 0 Å². The van der Waals surface area contributed by atoms with Crippen LogP contribution in [0.3, 0.4) is 0 Å². The van der Waals surface area contributed by atoms with Crippen LogP contribution < -0.4 is 0 Å². The Morgan fingerprint density at radius 3 is 1.83 bits per heavy atom. The summed E-state index contributed by atoms with van der Waals surface area (Å²) < 4.78 is 0. The maximum absolute atomic E-state index is 11.2. The monoisotopic (exact) mass is 258 g/mol. The molecule has 0 aromatic carbocycles. The van der Waals surface area contributed by atoms with Gasteiger partial charge in [-0.25, -0.2) is 0 Å². The molecule has 0 rings (SSSR count). The molecule has 18 heavy (non-hydrogen) atoms. The molecule has 0 aliphatic heterocycles. The van der Waals surface area contributed by atoms with Crippen LogP contribution >= 0.6 is 0 Å². The van der Waals surface area contributed by atoms with Crippen LogP contribution in [-0.2, 0) is 9.59 Å². The van der Waals surface area contributed by atoms with Gasteiger partial charge < -0.3 is 10.2 Å². The number of carboxylic acids is 2. The molecule has 0 aliphatic rings. The zero-order valence-electron chi connectivity index (χ0n) is 12.0. The molecule has 0 spiro atoms. The molecule has 0 bridgehead atoms. The first-order valence-electron chi connectivity index (χ1n) is 6.56. The van der Waals surface area contributed by atoms with E-state index in [0.29, 0.717) is 6.42 Å². The molecule has 0 aromatic rings. The van der Waals surface area contributed by atoms with Gasteiger partial charge in [-0.2, -0.15) is 0 Å². The van der Waals surface area contributed by atoms with Crippen LogP contribution in [0.4, 0.5) is 0 Å². The van der Waals surface area contributed by atoms with Gasteiger partial charge in [0.2, 0.25) is 0 Å². The number of rotatable bonds is 9. The van der Waals surface area contributed by atoms with E-state index in [1.54, 1.807) is 13.8 Å². The van der Waals surface area contributed by atoms with Gasteiger partial charge in [0, 0.05) is 6.42 Å². The van der Waals surface area contributed by atoms with Gasteiger partial charge in [0.25, 0.3) is 0 Å². The number of aliphatic carboxylic acids is 2. The summed E-state index contributed by atoms with van der Waals surface area (Å²) in [6, 6.07) is 0. The van der Waals surface area contributed by atoms with E-state index in [0.717, 1.165) is 25.7 Å². The predicted octanol–water partition coefficient (Wildman–Crippen LogP) is 3.55. The fraction of sp³-hybridized carbons (Fsp3) is 0.857. The molecular formula is C14H26O4. The highest BCUT2D eigenvalue weighted by Crippen LogP contribution is 2.42. The third-order valence-corrected chi connectivity index (χ3v) is 4.17. The molecule has 0 atom stereocenters. The SMILES string of the molecule is CC(C)(CCCCCCC(=O)O)C(C)(C)C(=O)O. The Morgan fingerprint density at radius 2 is 1.39 bits per heavy atom. The average Bonchev–Trinajstić information content (AvgIpc) is 2.22. The molecule has 0 aromatic heterocycles. The second kappa shape index (κ2) is 6.76. The number of hydrogen-bond acceptors (Lipinski definition) is 2. The Labute approximate surface area is 109 Å². The molecule has 0 saturated heterocycles. The van der Waals surface area contributed by atoms with Crippen molar-refractivity contribution in [3.8, 4) is 0 Å².